The highest BCUT2D eigenvalue weighted by Crippen LogP contribution is 2.07. The van der Waals surface area contributed by atoms with Gasteiger partial charge in [-0.1, -0.05) is 13.8 Å². The first-order valence-corrected chi connectivity index (χ1v) is 5.53. The molecule has 0 aromatic carbocycles. The molecular formula is C11H20N4O. The maximum atomic E-state index is 11.6. The van der Waals surface area contributed by atoms with E-state index in [2.05, 4.69) is 24.1 Å². The zero-order chi connectivity index (χ0) is 12.1. The van der Waals surface area contributed by atoms with Crippen molar-refractivity contribution in [2.75, 3.05) is 6.54 Å². The molecule has 0 saturated heterocycles. The molecule has 1 unspecified atom stereocenters. The van der Waals surface area contributed by atoms with E-state index >= 15 is 0 Å². The lowest BCUT2D eigenvalue weighted by atomic mass is 10.2. The van der Waals surface area contributed by atoms with Crippen LogP contribution in [-0.4, -0.2) is 22.0 Å². The molecule has 0 aliphatic carbocycles. The minimum Gasteiger partial charge on any atom is -0.354 e. The Hall–Kier alpha value is -1.36. The number of hydrogen-bond donors (Lipinski definition) is 2. The van der Waals surface area contributed by atoms with Gasteiger partial charge in [-0.05, 0) is 12.8 Å². The van der Waals surface area contributed by atoms with Gasteiger partial charge in [0.15, 0.2) is 0 Å². The number of nitrogens with zero attached hydrogens (tertiary/aromatic N) is 2. The molecular weight excluding hydrogens is 204 g/mol. The van der Waals surface area contributed by atoms with Crippen LogP contribution in [0.3, 0.4) is 0 Å². The standard InChI is InChI=1S/C11H20N4O/c1-8(2)4-14-11(16)6-15-7-13-5-10(15)9(3)12/h5,7-9H,4,6,12H2,1-3H3,(H,14,16). The SMILES string of the molecule is CC(C)CNC(=O)Cn1cncc1C(C)N. The van der Waals surface area contributed by atoms with Gasteiger partial charge in [-0.15, -0.1) is 0 Å². The summed E-state index contributed by atoms with van der Waals surface area (Å²) in [5, 5.41) is 2.86. The quantitative estimate of drug-likeness (QED) is 0.772. The van der Waals surface area contributed by atoms with Crippen molar-refractivity contribution in [1.29, 1.82) is 0 Å². The van der Waals surface area contributed by atoms with Crippen molar-refractivity contribution in [3.63, 3.8) is 0 Å². The van der Waals surface area contributed by atoms with Crippen LogP contribution >= 0.6 is 0 Å². The summed E-state index contributed by atoms with van der Waals surface area (Å²) in [6, 6.07) is -0.111. The Morgan fingerprint density at radius 2 is 2.25 bits per heavy atom. The van der Waals surface area contributed by atoms with E-state index in [0.29, 0.717) is 12.5 Å². The molecule has 0 bridgehead atoms. The van der Waals surface area contributed by atoms with Crippen molar-refractivity contribution in [2.45, 2.75) is 33.4 Å². The Balaban J connectivity index is 2.53. The summed E-state index contributed by atoms with van der Waals surface area (Å²) >= 11 is 0. The third-order valence-corrected chi connectivity index (χ3v) is 2.23. The number of imidazole rings is 1. The second kappa shape index (κ2) is 5.65. The fourth-order valence-corrected chi connectivity index (χ4v) is 1.37. The molecule has 5 heteroatoms. The van der Waals surface area contributed by atoms with E-state index in [0.717, 1.165) is 5.69 Å². The molecule has 0 radical (unpaired) electrons. The molecule has 5 nitrogen and oxygen atoms in total. The Morgan fingerprint density at radius 1 is 1.56 bits per heavy atom. The fourth-order valence-electron chi connectivity index (χ4n) is 1.37. The number of rotatable bonds is 5. The lowest BCUT2D eigenvalue weighted by molar-refractivity contribution is -0.121. The Morgan fingerprint density at radius 3 is 2.81 bits per heavy atom. The van der Waals surface area contributed by atoms with Gasteiger partial charge in [0, 0.05) is 18.8 Å². The van der Waals surface area contributed by atoms with Crippen LogP contribution in [0, 0.1) is 5.92 Å². The first-order chi connectivity index (χ1) is 7.50. The van der Waals surface area contributed by atoms with E-state index in [1.165, 1.54) is 0 Å². The van der Waals surface area contributed by atoms with Crippen LogP contribution < -0.4 is 11.1 Å². The predicted molar refractivity (Wildman–Crippen MR) is 62.7 cm³/mol. The maximum Gasteiger partial charge on any atom is 0.239 e. The number of carbonyl (C=O) groups excluding carboxylic acids is 1. The van der Waals surface area contributed by atoms with E-state index in [1.54, 1.807) is 17.1 Å². The number of aromatic nitrogens is 2. The number of amides is 1. The summed E-state index contributed by atoms with van der Waals surface area (Å²) in [4.78, 5) is 15.6. The van der Waals surface area contributed by atoms with Crippen LogP contribution in [0.5, 0.6) is 0 Å². The zero-order valence-corrected chi connectivity index (χ0v) is 10.1. The molecule has 1 atom stereocenters. The fraction of sp³-hybridized carbons (Fsp3) is 0.636. The van der Waals surface area contributed by atoms with Gasteiger partial charge in [0.2, 0.25) is 5.91 Å². The first-order valence-electron chi connectivity index (χ1n) is 5.53. The first kappa shape index (κ1) is 12.7. The van der Waals surface area contributed by atoms with Crippen molar-refractivity contribution < 1.29 is 4.79 Å². The highest BCUT2D eigenvalue weighted by Gasteiger charge is 2.09. The van der Waals surface area contributed by atoms with Gasteiger partial charge in [-0.25, -0.2) is 4.98 Å². The second-order valence-electron chi connectivity index (χ2n) is 4.43. The third-order valence-electron chi connectivity index (χ3n) is 2.23. The molecule has 1 aromatic rings. The van der Waals surface area contributed by atoms with Crippen LogP contribution in [0.15, 0.2) is 12.5 Å². The molecule has 1 aromatic heterocycles. The van der Waals surface area contributed by atoms with Crippen molar-refractivity contribution in [1.82, 2.24) is 14.9 Å². The van der Waals surface area contributed by atoms with Crippen molar-refractivity contribution in [3.05, 3.63) is 18.2 Å². The van der Waals surface area contributed by atoms with Gasteiger partial charge >= 0.3 is 0 Å². The molecule has 3 N–H and O–H groups in total. The zero-order valence-electron chi connectivity index (χ0n) is 10.1. The molecule has 0 spiro atoms. The summed E-state index contributed by atoms with van der Waals surface area (Å²) < 4.78 is 1.78. The summed E-state index contributed by atoms with van der Waals surface area (Å²) in [5.41, 5.74) is 6.64. The van der Waals surface area contributed by atoms with Crippen LogP contribution in [-0.2, 0) is 11.3 Å². The molecule has 1 heterocycles. The lowest BCUT2D eigenvalue weighted by Gasteiger charge is -2.11. The van der Waals surface area contributed by atoms with E-state index in [4.69, 9.17) is 5.73 Å². The monoisotopic (exact) mass is 224 g/mol. The lowest BCUT2D eigenvalue weighted by Crippen LogP contribution is -2.31. The second-order valence-corrected chi connectivity index (χ2v) is 4.43. The van der Waals surface area contributed by atoms with E-state index in [1.807, 2.05) is 6.92 Å². The molecule has 0 aliphatic heterocycles. The highest BCUT2D eigenvalue weighted by atomic mass is 16.1. The molecule has 0 saturated carbocycles. The molecule has 0 aliphatic rings. The van der Waals surface area contributed by atoms with E-state index in [-0.39, 0.29) is 18.5 Å². The van der Waals surface area contributed by atoms with Crippen LogP contribution in [0.4, 0.5) is 0 Å². The molecule has 0 fully saturated rings. The smallest absolute Gasteiger partial charge is 0.239 e. The number of hydrogen-bond acceptors (Lipinski definition) is 3. The van der Waals surface area contributed by atoms with E-state index < -0.39 is 0 Å². The molecule has 1 rings (SSSR count). The third kappa shape index (κ3) is 3.66. The van der Waals surface area contributed by atoms with Gasteiger partial charge in [0.1, 0.15) is 6.54 Å². The normalized spacial score (nSPS) is 12.8. The Labute approximate surface area is 96.0 Å². The Kier molecular flexibility index (Phi) is 4.49. The molecule has 16 heavy (non-hydrogen) atoms. The summed E-state index contributed by atoms with van der Waals surface area (Å²) in [7, 11) is 0. The van der Waals surface area contributed by atoms with Gasteiger partial charge in [-0.3, -0.25) is 4.79 Å². The minimum absolute atomic E-state index is 0.00593. The van der Waals surface area contributed by atoms with E-state index in [9.17, 15) is 4.79 Å². The summed E-state index contributed by atoms with van der Waals surface area (Å²) in [6.07, 6.45) is 3.33. The summed E-state index contributed by atoms with van der Waals surface area (Å²) in [6.45, 7) is 6.97. The average molecular weight is 224 g/mol. The van der Waals surface area contributed by atoms with Crippen molar-refractivity contribution in [3.8, 4) is 0 Å². The predicted octanol–water partition coefficient (Wildman–Crippen LogP) is 0.675. The highest BCUT2D eigenvalue weighted by molar-refractivity contribution is 5.75. The van der Waals surface area contributed by atoms with Crippen molar-refractivity contribution in [2.24, 2.45) is 11.7 Å². The van der Waals surface area contributed by atoms with Gasteiger partial charge in [0.05, 0.1) is 12.0 Å². The van der Waals surface area contributed by atoms with Crippen LogP contribution in [0.2, 0.25) is 0 Å². The Bertz CT molecular complexity index is 344. The van der Waals surface area contributed by atoms with Crippen LogP contribution in [0.25, 0.3) is 0 Å². The van der Waals surface area contributed by atoms with Gasteiger partial charge < -0.3 is 15.6 Å². The van der Waals surface area contributed by atoms with Crippen molar-refractivity contribution >= 4 is 5.91 Å². The topological polar surface area (TPSA) is 72.9 Å². The number of carbonyl (C=O) groups is 1. The summed E-state index contributed by atoms with van der Waals surface area (Å²) in [5.74, 6) is 0.452. The van der Waals surface area contributed by atoms with Gasteiger partial charge in [0.25, 0.3) is 0 Å². The number of nitrogens with two attached hydrogens (primary N) is 1. The largest absolute Gasteiger partial charge is 0.354 e. The maximum absolute atomic E-state index is 11.6. The van der Waals surface area contributed by atoms with Gasteiger partial charge in [-0.2, -0.15) is 0 Å². The number of nitrogens with one attached hydrogen (secondary N) is 1. The minimum atomic E-state index is -0.111. The molecule has 1 amide bonds. The van der Waals surface area contributed by atoms with Crippen LogP contribution in [0.1, 0.15) is 32.5 Å². The molecule has 90 valence electrons. The average Bonchev–Trinajstić information content (AvgIpc) is 2.62.